The summed E-state index contributed by atoms with van der Waals surface area (Å²) in [6.45, 7) is 7.28. The van der Waals surface area contributed by atoms with Gasteiger partial charge in [0.15, 0.2) is 0 Å². The number of fused-ring (bicyclic) bond motifs is 1. The van der Waals surface area contributed by atoms with E-state index in [0.29, 0.717) is 11.8 Å². The maximum Gasteiger partial charge on any atom is 0.233 e. The zero-order chi connectivity index (χ0) is 20.4. The normalized spacial score (nSPS) is 17.1. The highest BCUT2D eigenvalue weighted by molar-refractivity contribution is 7.99. The van der Waals surface area contributed by atoms with Crippen molar-refractivity contribution >= 4 is 28.7 Å². The van der Waals surface area contributed by atoms with E-state index in [1.807, 2.05) is 18.3 Å². The second-order valence-corrected chi connectivity index (χ2v) is 8.85. The molecule has 3 aromatic rings. The predicted molar refractivity (Wildman–Crippen MR) is 119 cm³/mol. The molecule has 1 aromatic carbocycles. The summed E-state index contributed by atoms with van der Waals surface area (Å²) in [6.07, 6.45) is 6.37. The monoisotopic (exact) mass is 408 g/mol. The number of thioether (sulfide) groups is 1. The first kappa shape index (κ1) is 20.0. The fraction of sp³-hybridized carbons (Fsp3) is 0.435. The van der Waals surface area contributed by atoms with Crippen molar-refractivity contribution in [2.45, 2.75) is 57.5 Å². The number of piperidine rings is 1. The molecule has 1 amide bonds. The van der Waals surface area contributed by atoms with Gasteiger partial charge in [-0.25, -0.2) is 9.97 Å². The first-order valence-corrected chi connectivity index (χ1v) is 11.4. The molecule has 1 aliphatic heterocycles. The van der Waals surface area contributed by atoms with Crippen LogP contribution in [0.5, 0.6) is 0 Å². The van der Waals surface area contributed by atoms with Crippen molar-refractivity contribution < 1.29 is 4.79 Å². The Bertz CT molecular complexity index is 973. The van der Waals surface area contributed by atoms with Gasteiger partial charge in [-0.3, -0.25) is 4.79 Å². The molecule has 0 radical (unpaired) electrons. The van der Waals surface area contributed by atoms with Gasteiger partial charge in [0, 0.05) is 24.3 Å². The minimum absolute atomic E-state index is 0.232. The van der Waals surface area contributed by atoms with Crippen LogP contribution < -0.4 is 0 Å². The summed E-state index contributed by atoms with van der Waals surface area (Å²) < 4.78 is 0. The average Bonchev–Trinajstić information content (AvgIpc) is 3.15. The molecular formula is C23H28N4OS. The lowest BCUT2D eigenvalue weighted by Gasteiger charge is -2.35. The van der Waals surface area contributed by atoms with E-state index in [0.717, 1.165) is 53.3 Å². The molecule has 152 valence electrons. The Morgan fingerprint density at radius 1 is 1.24 bits per heavy atom. The van der Waals surface area contributed by atoms with Crippen LogP contribution in [0.15, 0.2) is 35.5 Å². The lowest BCUT2D eigenvalue weighted by molar-refractivity contribution is -0.132. The Balaban J connectivity index is 1.42. The van der Waals surface area contributed by atoms with Crippen LogP contribution in [0.25, 0.3) is 22.4 Å². The zero-order valence-electron chi connectivity index (χ0n) is 17.4. The largest absolute Gasteiger partial charge is 0.339 e. The fourth-order valence-corrected chi connectivity index (χ4v) is 4.71. The minimum Gasteiger partial charge on any atom is -0.339 e. The summed E-state index contributed by atoms with van der Waals surface area (Å²) in [6, 6.07) is 8.65. The van der Waals surface area contributed by atoms with Gasteiger partial charge in [-0.2, -0.15) is 0 Å². The van der Waals surface area contributed by atoms with Crippen LogP contribution in [-0.2, 0) is 4.79 Å². The molecule has 29 heavy (non-hydrogen) atoms. The molecule has 0 bridgehead atoms. The molecule has 1 N–H and O–H groups in total. The van der Waals surface area contributed by atoms with Crippen molar-refractivity contribution in [2.75, 3.05) is 12.3 Å². The molecule has 3 heterocycles. The molecule has 1 atom stereocenters. The number of benzene rings is 1. The van der Waals surface area contributed by atoms with Gasteiger partial charge in [-0.15, -0.1) is 0 Å². The van der Waals surface area contributed by atoms with Crippen molar-refractivity contribution in [1.82, 2.24) is 19.9 Å². The molecule has 6 heteroatoms. The predicted octanol–water partition coefficient (Wildman–Crippen LogP) is 5.12. The molecule has 1 aliphatic rings. The van der Waals surface area contributed by atoms with Crippen molar-refractivity contribution in [3.63, 3.8) is 0 Å². The summed E-state index contributed by atoms with van der Waals surface area (Å²) in [5.41, 5.74) is 5.46. The number of rotatable bonds is 5. The van der Waals surface area contributed by atoms with E-state index < -0.39 is 0 Å². The molecule has 1 saturated heterocycles. The average molecular weight is 409 g/mol. The van der Waals surface area contributed by atoms with Gasteiger partial charge < -0.3 is 9.88 Å². The smallest absolute Gasteiger partial charge is 0.233 e. The van der Waals surface area contributed by atoms with E-state index in [4.69, 9.17) is 4.98 Å². The van der Waals surface area contributed by atoms with Gasteiger partial charge >= 0.3 is 0 Å². The Hall–Kier alpha value is -2.34. The van der Waals surface area contributed by atoms with Crippen LogP contribution >= 0.6 is 11.8 Å². The number of amides is 1. The number of hydrogen-bond donors (Lipinski definition) is 1. The van der Waals surface area contributed by atoms with E-state index in [1.165, 1.54) is 29.3 Å². The lowest BCUT2D eigenvalue weighted by Crippen LogP contribution is -2.44. The van der Waals surface area contributed by atoms with Crippen LogP contribution in [0.1, 0.15) is 43.7 Å². The molecular weight excluding hydrogens is 380 g/mol. The molecule has 2 aromatic heterocycles. The second kappa shape index (κ2) is 8.57. The van der Waals surface area contributed by atoms with Crippen LogP contribution in [-0.4, -0.2) is 44.1 Å². The summed E-state index contributed by atoms with van der Waals surface area (Å²) in [5.74, 6) is 1.51. The van der Waals surface area contributed by atoms with E-state index in [2.05, 4.69) is 47.8 Å². The van der Waals surface area contributed by atoms with Crippen LogP contribution in [0.4, 0.5) is 0 Å². The number of nitrogens with one attached hydrogen (secondary N) is 1. The Labute approximate surface area is 176 Å². The number of aryl methyl sites for hydroxylation is 2. The maximum absolute atomic E-state index is 12.6. The van der Waals surface area contributed by atoms with Crippen molar-refractivity contribution in [2.24, 2.45) is 0 Å². The Morgan fingerprint density at radius 3 is 2.83 bits per heavy atom. The van der Waals surface area contributed by atoms with Crippen LogP contribution in [0, 0.1) is 13.8 Å². The number of hydrogen-bond acceptors (Lipinski definition) is 4. The number of likely N-dealkylation sites (tertiary alicyclic amines) is 1. The van der Waals surface area contributed by atoms with Crippen molar-refractivity contribution in [1.29, 1.82) is 0 Å². The number of pyridine rings is 1. The molecule has 1 fully saturated rings. The van der Waals surface area contributed by atoms with E-state index >= 15 is 0 Å². The van der Waals surface area contributed by atoms with Crippen molar-refractivity contribution in [3.05, 3.63) is 41.6 Å². The fourth-order valence-electron chi connectivity index (χ4n) is 3.98. The summed E-state index contributed by atoms with van der Waals surface area (Å²) in [4.78, 5) is 27.4. The van der Waals surface area contributed by atoms with E-state index in [-0.39, 0.29) is 5.91 Å². The molecule has 0 spiro atoms. The number of imidazole rings is 1. The van der Waals surface area contributed by atoms with E-state index in [1.54, 1.807) is 0 Å². The van der Waals surface area contributed by atoms with Crippen LogP contribution in [0.2, 0.25) is 0 Å². The first-order chi connectivity index (χ1) is 14.0. The zero-order valence-corrected chi connectivity index (χ0v) is 18.2. The highest BCUT2D eigenvalue weighted by atomic mass is 32.2. The number of carbonyl (C=O) groups excluding carboxylic acids is 1. The van der Waals surface area contributed by atoms with Crippen LogP contribution in [0.3, 0.4) is 0 Å². The third kappa shape index (κ3) is 4.32. The molecule has 4 rings (SSSR count). The first-order valence-electron chi connectivity index (χ1n) is 10.4. The van der Waals surface area contributed by atoms with Gasteiger partial charge in [0.05, 0.1) is 21.8 Å². The summed E-state index contributed by atoms with van der Waals surface area (Å²) in [5, 5.41) is 0.870. The Morgan fingerprint density at radius 2 is 2.07 bits per heavy atom. The molecule has 0 saturated carbocycles. The SMILES string of the molecule is CC[C@H]1CCCCN1C(=O)CSc1ccc(-c2nc3cc(C)c(C)cc3[nH]2)cn1. The summed E-state index contributed by atoms with van der Waals surface area (Å²) in [7, 11) is 0. The third-order valence-corrected chi connectivity index (χ3v) is 6.80. The highest BCUT2D eigenvalue weighted by Gasteiger charge is 2.25. The van der Waals surface area contributed by atoms with Gasteiger partial charge in [0.25, 0.3) is 0 Å². The quantitative estimate of drug-likeness (QED) is 0.595. The topological polar surface area (TPSA) is 61.9 Å². The Kier molecular flexibility index (Phi) is 5.90. The molecule has 0 aliphatic carbocycles. The lowest BCUT2D eigenvalue weighted by atomic mass is 10.0. The number of carbonyl (C=O) groups is 1. The summed E-state index contributed by atoms with van der Waals surface area (Å²) >= 11 is 1.51. The maximum atomic E-state index is 12.6. The van der Waals surface area contributed by atoms with Gasteiger partial charge in [-0.05, 0) is 74.9 Å². The second-order valence-electron chi connectivity index (χ2n) is 7.86. The third-order valence-electron chi connectivity index (χ3n) is 5.87. The van der Waals surface area contributed by atoms with Gasteiger partial charge in [-0.1, -0.05) is 18.7 Å². The standard InChI is InChI=1S/C23H28N4OS/c1-4-18-7-5-6-10-27(18)22(28)14-29-21-9-8-17(13-24-21)23-25-19-11-15(2)16(3)12-20(19)26-23/h8-9,11-13,18H,4-7,10,14H2,1-3H3,(H,25,26)/t18-/m0/s1. The minimum atomic E-state index is 0.232. The number of nitrogens with zero attached hydrogens (tertiary/aromatic N) is 3. The van der Waals surface area contributed by atoms with E-state index in [9.17, 15) is 4.79 Å². The number of aromatic amines is 1. The molecule has 0 unspecified atom stereocenters. The van der Waals surface area contributed by atoms with Gasteiger partial charge in [0.2, 0.25) is 5.91 Å². The number of H-pyrrole nitrogens is 1. The number of aromatic nitrogens is 3. The highest BCUT2D eigenvalue weighted by Crippen LogP contribution is 2.25. The van der Waals surface area contributed by atoms with Gasteiger partial charge in [0.1, 0.15) is 5.82 Å². The van der Waals surface area contributed by atoms with Crippen molar-refractivity contribution in [3.8, 4) is 11.4 Å². The molecule has 5 nitrogen and oxygen atoms in total.